The number of rotatable bonds is 8. The Labute approximate surface area is 151 Å². The van der Waals surface area contributed by atoms with Crippen LogP contribution in [-0.4, -0.2) is 48.8 Å². The molecule has 1 aromatic carbocycles. The van der Waals surface area contributed by atoms with Crippen LogP contribution in [0.4, 0.5) is 5.69 Å². The second-order valence-corrected chi connectivity index (χ2v) is 7.81. The van der Waals surface area contributed by atoms with Gasteiger partial charge in [0.25, 0.3) is 0 Å². The van der Waals surface area contributed by atoms with Crippen molar-refractivity contribution in [2.75, 3.05) is 36.2 Å². The number of esters is 1. The van der Waals surface area contributed by atoms with E-state index in [1.165, 1.54) is 7.11 Å². The van der Waals surface area contributed by atoms with Crippen LogP contribution in [0.3, 0.4) is 0 Å². The normalized spacial score (nSPS) is 17.3. The molecule has 132 valence electrons. The summed E-state index contributed by atoms with van der Waals surface area (Å²) in [6.07, 6.45) is 0.926. The molecular weight excluding hydrogens is 344 g/mol. The topological polar surface area (TPSA) is 67.4 Å². The van der Waals surface area contributed by atoms with Gasteiger partial charge in [-0.25, -0.2) is 0 Å². The second kappa shape index (κ2) is 10.6. The minimum Gasteiger partial charge on any atom is -0.469 e. The van der Waals surface area contributed by atoms with Crippen LogP contribution in [-0.2, 0) is 20.1 Å². The quantitative estimate of drug-likeness (QED) is 0.543. The summed E-state index contributed by atoms with van der Waals surface area (Å²) in [5, 5.41) is 6.35. The molecule has 1 aromatic rings. The molecule has 0 aliphatic carbocycles. The van der Waals surface area contributed by atoms with E-state index in [0.29, 0.717) is 12.8 Å². The number of thioether (sulfide) groups is 2. The van der Waals surface area contributed by atoms with Crippen molar-refractivity contribution in [2.24, 2.45) is 0 Å². The molecule has 5 nitrogen and oxygen atoms in total. The minimum absolute atomic E-state index is 0.0468. The molecule has 0 spiro atoms. The van der Waals surface area contributed by atoms with Crippen LogP contribution in [0.2, 0.25) is 0 Å². The van der Waals surface area contributed by atoms with Crippen LogP contribution in [0.1, 0.15) is 18.4 Å². The summed E-state index contributed by atoms with van der Waals surface area (Å²) in [4.78, 5) is 23.2. The zero-order valence-electron chi connectivity index (χ0n) is 13.9. The van der Waals surface area contributed by atoms with Crippen molar-refractivity contribution in [3.8, 4) is 0 Å². The molecule has 7 heteroatoms. The van der Waals surface area contributed by atoms with Crippen LogP contribution >= 0.6 is 23.5 Å². The van der Waals surface area contributed by atoms with Gasteiger partial charge < -0.3 is 15.4 Å². The number of hydrogen-bond acceptors (Lipinski definition) is 6. The zero-order chi connectivity index (χ0) is 17.2. The first-order valence-corrected chi connectivity index (χ1v) is 10.3. The highest BCUT2D eigenvalue weighted by Crippen LogP contribution is 2.18. The van der Waals surface area contributed by atoms with Gasteiger partial charge in [-0.1, -0.05) is 12.1 Å². The Morgan fingerprint density at radius 2 is 2.33 bits per heavy atom. The maximum atomic E-state index is 12.1. The molecule has 1 saturated heterocycles. The average molecular weight is 369 g/mol. The number of methoxy groups -OCH3 is 1. The molecule has 1 unspecified atom stereocenters. The van der Waals surface area contributed by atoms with Crippen LogP contribution < -0.4 is 10.6 Å². The highest BCUT2D eigenvalue weighted by atomic mass is 32.2. The number of ether oxygens (including phenoxy) is 1. The maximum Gasteiger partial charge on any atom is 0.306 e. The van der Waals surface area contributed by atoms with E-state index in [4.69, 9.17) is 0 Å². The maximum absolute atomic E-state index is 12.1. The molecule has 0 aromatic heterocycles. The lowest BCUT2D eigenvalue weighted by molar-refractivity contribution is -0.140. The van der Waals surface area contributed by atoms with Crippen LogP contribution in [0.25, 0.3) is 0 Å². The third-order valence-electron chi connectivity index (χ3n) is 3.59. The molecule has 1 fully saturated rings. The smallest absolute Gasteiger partial charge is 0.306 e. The van der Waals surface area contributed by atoms with E-state index in [2.05, 4.69) is 15.4 Å². The average Bonchev–Trinajstić information content (AvgIpc) is 2.59. The number of nitrogens with one attached hydrogen (secondary N) is 2. The Morgan fingerprint density at radius 1 is 1.46 bits per heavy atom. The molecule has 1 amide bonds. The van der Waals surface area contributed by atoms with Gasteiger partial charge in [-0.05, 0) is 17.7 Å². The van der Waals surface area contributed by atoms with Crippen LogP contribution in [0, 0.1) is 0 Å². The Morgan fingerprint density at radius 3 is 3.08 bits per heavy atom. The Kier molecular flexibility index (Phi) is 8.49. The van der Waals surface area contributed by atoms with E-state index >= 15 is 0 Å². The molecule has 1 aliphatic rings. The van der Waals surface area contributed by atoms with Crippen molar-refractivity contribution in [1.29, 1.82) is 0 Å². The lowest BCUT2D eigenvalue weighted by Gasteiger charge is -2.22. The van der Waals surface area contributed by atoms with E-state index in [1.807, 2.05) is 36.0 Å². The molecule has 2 rings (SSSR count). The van der Waals surface area contributed by atoms with Crippen molar-refractivity contribution in [2.45, 2.75) is 24.6 Å². The van der Waals surface area contributed by atoms with Crippen molar-refractivity contribution in [1.82, 2.24) is 5.32 Å². The van der Waals surface area contributed by atoms with Gasteiger partial charge in [0, 0.05) is 47.7 Å². The highest BCUT2D eigenvalue weighted by Gasteiger charge is 2.16. The van der Waals surface area contributed by atoms with Gasteiger partial charge in [-0.2, -0.15) is 23.5 Å². The number of benzene rings is 1. The summed E-state index contributed by atoms with van der Waals surface area (Å²) in [5.74, 6) is 3.51. The first-order chi connectivity index (χ1) is 11.7. The van der Waals surface area contributed by atoms with E-state index < -0.39 is 0 Å². The van der Waals surface area contributed by atoms with E-state index in [-0.39, 0.29) is 17.9 Å². The molecule has 0 saturated carbocycles. The zero-order valence-corrected chi connectivity index (χ0v) is 15.5. The van der Waals surface area contributed by atoms with E-state index in [1.54, 1.807) is 11.8 Å². The first kappa shape index (κ1) is 19.1. The Balaban J connectivity index is 1.74. The van der Waals surface area contributed by atoms with Crippen molar-refractivity contribution >= 4 is 41.1 Å². The van der Waals surface area contributed by atoms with Crippen molar-refractivity contribution in [3.05, 3.63) is 29.8 Å². The van der Waals surface area contributed by atoms with E-state index in [0.717, 1.165) is 40.8 Å². The highest BCUT2D eigenvalue weighted by molar-refractivity contribution is 7.99. The molecule has 0 bridgehead atoms. The first-order valence-electron chi connectivity index (χ1n) is 8.02. The standard InChI is InChI=1S/C17H24N2O3S2/c1-22-17(21)5-7-23-11-13-3-2-4-14(9-13)19-16(20)10-15-12-24-8-6-18-15/h2-4,9,15,18H,5-8,10-12H2,1H3,(H,19,20). The third kappa shape index (κ3) is 7.15. The summed E-state index contributed by atoms with van der Waals surface area (Å²) < 4.78 is 4.62. The summed E-state index contributed by atoms with van der Waals surface area (Å²) in [5.41, 5.74) is 1.96. The molecule has 1 atom stereocenters. The lowest BCUT2D eigenvalue weighted by Crippen LogP contribution is -2.39. The van der Waals surface area contributed by atoms with Gasteiger partial charge in [0.15, 0.2) is 0 Å². The van der Waals surface area contributed by atoms with Gasteiger partial charge in [0.05, 0.1) is 13.5 Å². The summed E-state index contributed by atoms with van der Waals surface area (Å²) in [6.45, 7) is 0.973. The summed E-state index contributed by atoms with van der Waals surface area (Å²) in [7, 11) is 1.40. The SMILES string of the molecule is COC(=O)CCSCc1cccc(NC(=O)CC2CSCCN2)c1. The fraction of sp³-hybridized carbons (Fsp3) is 0.529. The number of hydrogen-bond donors (Lipinski definition) is 2. The Bertz CT molecular complexity index is 548. The number of carbonyl (C=O) groups is 2. The largest absolute Gasteiger partial charge is 0.469 e. The monoisotopic (exact) mass is 368 g/mol. The van der Waals surface area contributed by atoms with Gasteiger partial charge >= 0.3 is 5.97 Å². The van der Waals surface area contributed by atoms with Gasteiger partial charge in [0.2, 0.25) is 5.91 Å². The molecule has 24 heavy (non-hydrogen) atoms. The summed E-state index contributed by atoms with van der Waals surface area (Å²) in [6, 6.07) is 8.14. The minimum atomic E-state index is -0.182. The lowest BCUT2D eigenvalue weighted by atomic mass is 10.2. The number of carbonyl (C=O) groups excluding carboxylic acids is 2. The van der Waals surface area contributed by atoms with Gasteiger partial charge in [0.1, 0.15) is 0 Å². The Hall–Kier alpha value is -1.18. The van der Waals surface area contributed by atoms with Crippen LogP contribution in [0.5, 0.6) is 0 Å². The number of amides is 1. The van der Waals surface area contributed by atoms with Gasteiger partial charge in [-0.15, -0.1) is 0 Å². The molecule has 1 heterocycles. The fourth-order valence-corrected chi connectivity index (χ4v) is 4.19. The molecular formula is C17H24N2O3S2. The second-order valence-electron chi connectivity index (χ2n) is 5.56. The van der Waals surface area contributed by atoms with Crippen molar-refractivity contribution < 1.29 is 14.3 Å². The molecule has 0 radical (unpaired) electrons. The third-order valence-corrected chi connectivity index (χ3v) is 5.75. The number of anilines is 1. The van der Waals surface area contributed by atoms with E-state index in [9.17, 15) is 9.59 Å². The van der Waals surface area contributed by atoms with Crippen LogP contribution in [0.15, 0.2) is 24.3 Å². The summed E-state index contributed by atoms with van der Waals surface area (Å²) >= 11 is 3.57. The molecule has 2 N–H and O–H groups in total. The predicted octanol–water partition coefficient (Wildman–Crippen LogP) is 2.52. The predicted molar refractivity (Wildman–Crippen MR) is 102 cm³/mol. The fourth-order valence-electron chi connectivity index (χ4n) is 2.37. The van der Waals surface area contributed by atoms with Crippen molar-refractivity contribution in [3.63, 3.8) is 0 Å². The molecule has 1 aliphatic heterocycles. The van der Waals surface area contributed by atoms with Gasteiger partial charge in [-0.3, -0.25) is 9.59 Å².